The highest BCUT2D eigenvalue weighted by molar-refractivity contribution is 5.76. The average Bonchev–Trinajstić information content (AvgIpc) is 3.22. The van der Waals surface area contributed by atoms with Crippen molar-refractivity contribution >= 4 is 11.8 Å². The minimum Gasteiger partial charge on any atom is -0.379 e. The van der Waals surface area contributed by atoms with Crippen molar-refractivity contribution in [3.8, 4) is 0 Å². The van der Waals surface area contributed by atoms with Crippen LogP contribution in [0.25, 0.3) is 0 Å². The number of aromatic nitrogens is 2. The molecule has 0 atom stereocenters. The number of rotatable bonds is 9. The standard InChI is InChI=1S/C26H37N5O4/c1-20(32)29-26(12-6-2-3-7-13-26)25-28-24(35-30-25)11-10-23(33)27-18-21-8-4-5-9-22(21)19-31-14-16-34-17-15-31/h4-5,8-9H,2-3,6-7,10-19H2,1H3,(H,27,33)(H,29,32). The maximum atomic E-state index is 12.6. The first kappa shape index (κ1) is 25.3. The third-order valence-corrected chi connectivity index (χ3v) is 6.93. The molecule has 2 heterocycles. The van der Waals surface area contributed by atoms with Crippen LogP contribution in [-0.4, -0.2) is 53.2 Å². The monoisotopic (exact) mass is 483 g/mol. The van der Waals surface area contributed by atoms with Crippen LogP contribution in [0.1, 0.15) is 74.7 Å². The van der Waals surface area contributed by atoms with E-state index in [9.17, 15) is 9.59 Å². The number of hydrogen-bond donors (Lipinski definition) is 2. The number of ether oxygens (including phenoxy) is 1. The van der Waals surface area contributed by atoms with Crippen LogP contribution in [0.3, 0.4) is 0 Å². The Hall–Kier alpha value is -2.78. The van der Waals surface area contributed by atoms with Crippen molar-refractivity contribution in [1.29, 1.82) is 0 Å². The highest BCUT2D eigenvalue weighted by Crippen LogP contribution is 2.34. The SMILES string of the molecule is CC(=O)NC1(c2noc(CCC(=O)NCc3ccccc3CN3CCOCC3)n2)CCCCCC1. The Kier molecular flexibility index (Phi) is 8.87. The van der Waals surface area contributed by atoms with E-state index in [1.165, 1.54) is 12.5 Å². The Morgan fingerprint density at radius 3 is 2.49 bits per heavy atom. The van der Waals surface area contributed by atoms with Gasteiger partial charge in [0, 0.05) is 45.9 Å². The predicted molar refractivity (Wildman–Crippen MR) is 130 cm³/mol. The molecule has 2 fully saturated rings. The van der Waals surface area contributed by atoms with E-state index >= 15 is 0 Å². The molecule has 9 heteroatoms. The molecule has 2 N–H and O–H groups in total. The van der Waals surface area contributed by atoms with E-state index in [4.69, 9.17) is 9.26 Å². The summed E-state index contributed by atoms with van der Waals surface area (Å²) in [5.74, 6) is 0.808. The highest BCUT2D eigenvalue weighted by atomic mass is 16.5. The first-order chi connectivity index (χ1) is 17.0. The highest BCUT2D eigenvalue weighted by Gasteiger charge is 2.38. The Morgan fingerprint density at radius 1 is 1.06 bits per heavy atom. The fourth-order valence-electron chi connectivity index (χ4n) is 5.01. The summed E-state index contributed by atoms with van der Waals surface area (Å²) in [7, 11) is 0. The van der Waals surface area contributed by atoms with E-state index in [-0.39, 0.29) is 18.2 Å². The lowest BCUT2D eigenvalue weighted by Crippen LogP contribution is -2.45. The first-order valence-electron chi connectivity index (χ1n) is 12.8. The minimum absolute atomic E-state index is 0.0584. The van der Waals surface area contributed by atoms with Gasteiger partial charge in [-0.15, -0.1) is 0 Å². The molecule has 9 nitrogen and oxygen atoms in total. The number of benzene rings is 1. The average molecular weight is 484 g/mol. The van der Waals surface area contributed by atoms with Gasteiger partial charge in [-0.3, -0.25) is 14.5 Å². The molecule has 2 aromatic rings. The van der Waals surface area contributed by atoms with E-state index in [2.05, 4.69) is 37.8 Å². The number of amides is 2. The number of aryl methyl sites for hydroxylation is 1. The number of carbonyl (C=O) groups is 2. The number of carbonyl (C=O) groups excluding carboxylic acids is 2. The van der Waals surface area contributed by atoms with Gasteiger partial charge >= 0.3 is 0 Å². The van der Waals surface area contributed by atoms with Gasteiger partial charge in [0.25, 0.3) is 0 Å². The molecular formula is C26H37N5O4. The van der Waals surface area contributed by atoms with Gasteiger partial charge in [0.15, 0.2) is 5.82 Å². The fourth-order valence-corrected chi connectivity index (χ4v) is 5.01. The summed E-state index contributed by atoms with van der Waals surface area (Å²) in [6.07, 6.45) is 6.54. The quantitative estimate of drug-likeness (QED) is 0.528. The van der Waals surface area contributed by atoms with Crippen LogP contribution in [-0.2, 0) is 39.4 Å². The summed E-state index contributed by atoms with van der Waals surface area (Å²) in [5.41, 5.74) is 1.78. The molecule has 1 aromatic carbocycles. The van der Waals surface area contributed by atoms with Gasteiger partial charge in [-0.2, -0.15) is 4.98 Å². The van der Waals surface area contributed by atoms with Crippen LogP contribution in [0.2, 0.25) is 0 Å². The second-order valence-electron chi connectivity index (χ2n) is 9.62. The van der Waals surface area contributed by atoms with Crippen LogP contribution in [0.4, 0.5) is 0 Å². The Bertz CT molecular complexity index is 978. The second kappa shape index (κ2) is 12.3. The molecule has 1 saturated carbocycles. The third kappa shape index (κ3) is 7.11. The van der Waals surface area contributed by atoms with Gasteiger partial charge in [-0.1, -0.05) is 55.1 Å². The van der Waals surface area contributed by atoms with Crippen molar-refractivity contribution in [2.45, 2.75) is 76.9 Å². The number of hydrogen-bond acceptors (Lipinski definition) is 7. The molecule has 0 bridgehead atoms. The van der Waals surface area contributed by atoms with E-state index in [0.717, 1.165) is 76.9 Å². The van der Waals surface area contributed by atoms with E-state index in [0.29, 0.717) is 24.7 Å². The number of nitrogens with one attached hydrogen (secondary N) is 2. The Labute approximate surface area is 207 Å². The smallest absolute Gasteiger partial charge is 0.227 e. The molecule has 0 radical (unpaired) electrons. The largest absolute Gasteiger partial charge is 0.379 e. The van der Waals surface area contributed by atoms with Crippen LogP contribution in [0, 0.1) is 0 Å². The van der Waals surface area contributed by atoms with Gasteiger partial charge in [0.1, 0.15) is 5.54 Å². The molecule has 2 amide bonds. The van der Waals surface area contributed by atoms with Crippen molar-refractivity contribution in [2.24, 2.45) is 0 Å². The molecule has 1 aliphatic heterocycles. The van der Waals surface area contributed by atoms with Gasteiger partial charge < -0.3 is 19.9 Å². The van der Waals surface area contributed by atoms with Crippen LogP contribution in [0.5, 0.6) is 0 Å². The van der Waals surface area contributed by atoms with Crippen molar-refractivity contribution in [2.75, 3.05) is 26.3 Å². The molecule has 0 unspecified atom stereocenters. The lowest BCUT2D eigenvalue weighted by atomic mass is 9.89. The topological polar surface area (TPSA) is 110 Å². The van der Waals surface area contributed by atoms with E-state index < -0.39 is 5.54 Å². The van der Waals surface area contributed by atoms with Crippen molar-refractivity contribution < 1.29 is 18.8 Å². The summed E-state index contributed by atoms with van der Waals surface area (Å²) in [6, 6.07) is 8.23. The van der Waals surface area contributed by atoms with Crippen LogP contribution < -0.4 is 10.6 Å². The fraction of sp³-hybridized carbons (Fsp3) is 0.615. The van der Waals surface area contributed by atoms with Crippen molar-refractivity contribution in [1.82, 2.24) is 25.7 Å². The van der Waals surface area contributed by atoms with E-state index in [1.54, 1.807) is 0 Å². The van der Waals surface area contributed by atoms with E-state index in [1.807, 2.05) is 12.1 Å². The third-order valence-electron chi connectivity index (χ3n) is 6.93. The summed E-state index contributed by atoms with van der Waals surface area (Å²) in [5, 5.41) is 10.3. The molecular weight excluding hydrogens is 446 g/mol. The maximum absolute atomic E-state index is 12.6. The Balaban J connectivity index is 1.30. The molecule has 35 heavy (non-hydrogen) atoms. The summed E-state index contributed by atoms with van der Waals surface area (Å²) in [6.45, 7) is 6.25. The lowest BCUT2D eigenvalue weighted by Gasteiger charge is -2.30. The second-order valence-corrected chi connectivity index (χ2v) is 9.62. The summed E-state index contributed by atoms with van der Waals surface area (Å²) < 4.78 is 10.9. The van der Waals surface area contributed by atoms with Crippen molar-refractivity contribution in [3.63, 3.8) is 0 Å². The number of morpholine rings is 1. The van der Waals surface area contributed by atoms with Crippen LogP contribution in [0.15, 0.2) is 28.8 Å². The summed E-state index contributed by atoms with van der Waals surface area (Å²) in [4.78, 5) is 31.4. The molecule has 1 aromatic heterocycles. The molecule has 1 aliphatic carbocycles. The zero-order chi connectivity index (χ0) is 24.5. The Morgan fingerprint density at radius 2 is 1.77 bits per heavy atom. The van der Waals surface area contributed by atoms with Crippen LogP contribution >= 0.6 is 0 Å². The predicted octanol–water partition coefficient (Wildman–Crippen LogP) is 2.84. The normalized spacial score (nSPS) is 18.5. The first-order valence-corrected chi connectivity index (χ1v) is 12.8. The zero-order valence-electron chi connectivity index (χ0n) is 20.7. The van der Waals surface area contributed by atoms with Gasteiger partial charge in [-0.25, -0.2) is 0 Å². The van der Waals surface area contributed by atoms with Gasteiger partial charge in [0.05, 0.1) is 13.2 Å². The van der Waals surface area contributed by atoms with Crippen molar-refractivity contribution in [3.05, 3.63) is 47.1 Å². The molecule has 1 saturated heterocycles. The molecule has 190 valence electrons. The van der Waals surface area contributed by atoms with Gasteiger partial charge in [-0.05, 0) is 24.0 Å². The zero-order valence-corrected chi connectivity index (χ0v) is 20.7. The lowest BCUT2D eigenvalue weighted by molar-refractivity contribution is -0.122. The molecule has 2 aliphatic rings. The van der Waals surface area contributed by atoms with Gasteiger partial charge in [0.2, 0.25) is 17.7 Å². The molecule has 0 spiro atoms. The maximum Gasteiger partial charge on any atom is 0.227 e. The number of nitrogens with zero attached hydrogens (tertiary/aromatic N) is 3. The minimum atomic E-state index is -0.573. The molecule has 4 rings (SSSR count). The summed E-state index contributed by atoms with van der Waals surface area (Å²) >= 11 is 0.